The van der Waals surface area contributed by atoms with Crippen LogP contribution in [0.5, 0.6) is 5.75 Å². The standard InChI is InChI=1S/C12H16N2O3.ClH/c1-8-5-10(14(15)16)6-9(2)11(8)17-7-12(13)3-4-12;/h5-6H,3-4,7,13H2,1-2H3;1H. The highest BCUT2D eigenvalue weighted by atomic mass is 35.5. The number of nitrogens with two attached hydrogens (primary N) is 1. The molecule has 0 atom stereocenters. The summed E-state index contributed by atoms with van der Waals surface area (Å²) in [5.41, 5.74) is 7.42. The maximum atomic E-state index is 10.7. The Bertz CT molecular complexity index is 449. The molecule has 1 aliphatic carbocycles. The molecule has 100 valence electrons. The van der Waals surface area contributed by atoms with Crippen LogP contribution in [-0.4, -0.2) is 17.1 Å². The summed E-state index contributed by atoms with van der Waals surface area (Å²) in [5, 5.41) is 10.7. The van der Waals surface area contributed by atoms with Crippen LogP contribution in [0.1, 0.15) is 24.0 Å². The number of benzene rings is 1. The minimum atomic E-state index is -0.394. The lowest BCUT2D eigenvalue weighted by Gasteiger charge is -2.15. The number of hydrogen-bond acceptors (Lipinski definition) is 4. The quantitative estimate of drug-likeness (QED) is 0.675. The van der Waals surface area contributed by atoms with E-state index < -0.39 is 4.92 Å². The number of nitrogens with zero attached hydrogens (tertiary/aromatic N) is 1. The lowest BCUT2D eigenvalue weighted by atomic mass is 10.1. The van der Waals surface area contributed by atoms with Gasteiger partial charge in [-0.25, -0.2) is 0 Å². The Morgan fingerprint density at radius 2 is 1.89 bits per heavy atom. The highest BCUT2D eigenvalue weighted by Crippen LogP contribution is 2.34. The van der Waals surface area contributed by atoms with Crippen LogP contribution in [0.25, 0.3) is 0 Å². The molecular weight excluding hydrogens is 256 g/mol. The van der Waals surface area contributed by atoms with Crippen molar-refractivity contribution in [1.82, 2.24) is 0 Å². The average Bonchev–Trinajstić information content (AvgIpc) is 2.95. The van der Waals surface area contributed by atoms with Gasteiger partial charge in [-0.15, -0.1) is 12.4 Å². The second-order valence-electron chi connectivity index (χ2n) is 4.82. The first-order valence-corrected chi connectivity index (χ1v) is 5.59. The molecule has 6 heteroatoms. The summed E-state index contributed by atoms with van der Waals surface area (Å²) in [6.07, 6.45) is 1.97. The lowest BCUT2D eigenvalue weighted by molar-refractivity contribution is -0.385. The monoisotopic (exact) mass is 272 g/mol. The van der Waals surface area contributed by atoms with Gasteiger partial charge in [0, 0.05) is 12.1 Å². The van der Waals surface area contributed by atoms with Crippen molar-refractivity contribution in [3.8, 4) is 5.75 Å². The molecule has 0 aromatic heterocycles. The number of aryl methyl sites for hydroxylation is 2. The summed E-state index contributed by atoms with van der Waals surface area (Å²) in [7, 11) is 0. The van der Waals surface area contributed by atoms with Crippen LogP contribution in [0, 0.1) is 24.0 Å². The molecule has 5 nitrogen and oxygen atoms in total. The number of nitro benzene ring substituents is 1. The molecule has 2 rings (SSSR count). The molecule has 0 radical (unpaired) electrons. The molecule has 1 aliphatic rings. The third-order valence-electron chi connectivity index (χ3n) is 3.05. The zero-order valence-corrected chi connectivity index (χ0v) is 11.3. The SMILES string of the molecule is Cc1cc([N+](=O)[O-])cc(C)c1OCC1(N)CC1.Cl. The Morgan fingerprint density at radius 1 is 1.39 bits per heavy atom. The molecule has 0 saturated heterocycles. The fraction of sp³-hybridized carbons (Fsp3) is 0.500. The van der Waals surface area contributed by atoms with Gasteiger partial charge in [0.05, 0.1) is 10.5 Å². The largest absolute Gasteiger partial charge is 0.491 e. The zero-order chi connectivity index (χ0) is 12.6. The van der Waals surface area contributed by atoms with Crippen LogP contribution in [0.3, 0.4) is 0 Å². The normalized spacial score (nSPS) is 15.7. The molecule has 0 amide bonds. The first kappa shape index (κ1) is 14.7. The first-order valence-electron chi connectivity index (χ1n) is 5.59. The van der Waals surface area contributed by atoms with Gasteiger partial charge in [0.15, 0.2) is 0 Å². The molecule has 1 saturated carbocycles. The molecule has 0 heterocycles. The number of halogens is 1. The summed E-state index contributed by atoms with van der Waals surface area (Å²) in [6, 6.07) is 3.05. The van der Waals surface area contributed by atoms with Crippen LogP contribution >= 0.6 is 12.4 Å². The van der Waals surface area contributed by atoms with Gasteiger partial charge in [-0.2, -0.15) is 0 Å². The summed E-state index contributed by atoms with van der Waals surface area (Å²) in [6.45, 7) is 4.10. The van der Waals surface area contributed by atoms with Gasteiger partial charge in [0.2, 0.25) is 0 Å². The predicted molar refractivity (Wildman–Crippen MR) is 71.5 cm³/mol. The van der Waals surface area contributed by atoms with Crippen molar-refractivity contribution in [2.24, 2.45) is 5.73 Å². The van der Waals surface area contributed by atoms with Crippen molar-refractivity contribution in [1.29, 1.82) is 0 Å². The van der Waals surface area contributed by atoms with Crippen LogP contribution in [0.2, 0.25) is 0 Å². The van der Waals surface area contributed by atoms with E-state index in [0.717, 1.165) is 24.0 Å². The van der Waals surface area contributed by atoms with Gasteiger partial charge < -0.3 is 10.5 Å². The Morgan fingerprint density at radius 3 is 2.28 bits per heavy atom. The van der Waals surface area contributed by atoms with Crippen molar-refractivity contribution < 1.29 is 9.66 Å². The van der Waals surface area contributed by atoms with Gasteiger partial charge in [-0.3, -0.25) is 10.1 Å². The van der Waals surface area contributed by atoms with Crippen molar-refractivity contribution in [2.75, 3.05) is 6.61 Å². The molecule has 1 fully saturated rings. The summed E-state index contributed by atoms with van der Waals surface area (Å²) >= 11 is 0. The summed E-state index contributed by atoms with van der Waals surface area (Å²) in [4.78, 5) is 10.3. The highest BCUT2D eigenvalue weighted by Gasteiger charge is 2.39. The van der Waals surface area contributed by atoms with Crippen molar-refractivity contribution in [3.05, 3.63) is 33.4 Å². The zero-order valence-electron chi connectivity index (χ0n) is 10.4. The maximum Gasteiger partial charge on any atom is 0.270 e. The second kappa shape index (κ2) is 5.12. The van der Waals surface area contributed by atoms with E-state index in [2.05, 4.69) is 0 Å². The molecular formula is C12H17ClN2O3. The smallest absolute Gasteiger partial charge is 0.270 e. The minimum Gasteiger partial charge on any atom is -0.491 e. The molecule has 18 heavy (non-hydrogen) atoms. The number of hydrogen-bond donors (Lipinski definition) is 1. The van der Waals surface area contributed by atoms with E-state index in [4.69, 9.17) is 10.5 Å². The number of rotatable bonds is 4. The van der Waals surface area contributed by atoms with E-state index in [1.807, 2.05) is 13.8 Å². The lowest BCUT2D eigenvalue weighted by Crippen LogP contribution is -2.30. The van der Waals surface area contributed by atoms with E-state index in [9.17, 15) is 10.1 Å². The molecule has 0 spiro atoms. The summed E-state index contributed by atoms with van der Waals surface area (Å²) in [5.74, 6) is 0.715. The third-order valence-corrected chi connectivity index (χ3v) is 3.05. The fourth-order valence-corrected chi connectivity index (χ4v) is 1.78. The van der Waals surface area contributed by atoms with Gasteiger partial charge in [-0.05, 0) is 37.8 Å². The average molecular weight is 273 g/mol. The van der Waals surface area contributed by atoms with Crippen molar-refractivity contribution >= 4 is 18.1 Å². The van der Waals surface area contributed by atoms with Crippen LogP contribution in [0.4, 0.5) is 5.69 Å². The number of nitro groups is 1. The van der Waals surface area contributed by atoms with E-state index in [1.54, 1.807) is 0 Å². The molecule has 2 N–H and O–H groups in total. The Kier molecular flexibility index (Phi) is 4.19. The van der Waals surface area contributed by atoms with Gasteiger partial charge in [0.1, 0.15) is 12.4 Å². The number of non-ortho nitro benzene ring substituents is 1. The Balaban J connectivity index is 0.00000162. The Labute approximate surface area is 112 Å². The highest BCUT2D eigenvalue weighted by molar-refractivity contribution is 5.85. The van der Waals surface area contributed by atoms with Crippen molar-refractivity contribution in [3.63, 3.8) is 0 Å². The van der Waals surface area contributed by atoms with E-state index >= 15 is 0 Å². The third kappa shape index (κ3) is 3.11. The van der Waals surface area contributed by atoms with Crippen LogP contribution in [0.15, 0.2) is 12.1 Å². The van der Waals surface area contributed by atoms with Crippen molar-refractivity contribution in [2.45, 2.75) is 32.2 Å². The molecule has 0 bridgehead atoms. The van der Waals surface area contributed by atoms with Gasteiger partial charge in [0.25, 0.3) is 5.69 Å². The molecule has 1 aromatic carbocycles. The topological polar surface area (TPSA) is 78.4 Å². The predicted octanol–water partition coefficient (Wildman–Crippen LogP) is 2.50. The maximum absolute atomic E-state index is 10.7. The first-order chi connectivity index (χ1) is 7.91. The van der Waals surface area contributed by atoms with E-state index in [-0.39, 0.29) is 23.6 Å². The van der Waals surface area contributed by atoms with Gasteiger partial charge in [-0.1, -0.05) is 0 Å². The molecule has 0 unspecified atom stereocenters. The van der Waals surface area contributed by atoms with Crippen LogP contribution < -0.4 is 10.5 Å². The Hall–Kier alpha value is -1.33. The van der Waals surface area contributed by atoms with Crippen LogP contribution in [-0.2, 0) is 0 Å². The van der Waals surface area contributed by atoms with E-state index in [0.29, 0.717) is 12.4 Å². The molecule has 0 aliphatic heterocycles. The number of ether oxygens (including phenoxy) is 1. The fourth-order valence-electron chi connectivity index (χ4n) is 1.78. The second-order valence-corrected chi connectivity index (χ2v) is 4.82. The molecule has 1 aromatic rings. The minimum absolute atomic E-state index is 0. The summed E-state index contributed by atoms with van der Waals surface area (Å²) < 4.78 is 5.68. The van der Waals surface area contributed by atoms with E-state index in [1.165, 1.54) is 12.1 Å². The van der Waals surface area contributed by atoms with Gasteiger partial charge >= 0.3 is 0 Å².